The van der Waals surface area contributed by atoms with E-state index in [1.807, 2.05) is 42.5 Å². The minimum absolute atomic E-state index is 0.0715. The van der Waals surface area contributed by atoms with E-state index in [-0.39, 0.29) is 17.0 Å². The van der Waals surface area contributed by atoms with E-state index < -0.39 is 4.92 Å². The zero-order chi connectivity index (χ0) is 18.8. The molecule has 132 valence electrons. The van der Waals surface area contributed by atoms with Gasteiger partial charge in [0, 0.05) is 29.5 Å². The largest absolute Gasteiger partial charge is 0.507 e. The lowest BCUT2D eigenvalue weighted by atomic mass is 10.2. The molecule has 0 unspecified atom stereocenters. The molecule has 0 amide bonds. The highest BCUT2D eigenvalue weighted by Crippen LogP contribution is 2.26. The molecule has 7 nitrogen and oxygen atoms in total. The molecule has 0 saturated carbocycles. The van der Waals surface area contributed by atoms with Gasteiger partial charge < -0.3 is 10.1 Å². The van der Waals surface area contributed by atoms with Gasteiger partial charge in [0.15, 0.2) is 0 Å². The van der Waals surface area contributed by atoms with E-state index in [9.17, 15) is 15.2 Å². The second kappa shape index (κ2) is 6.72. The van der Waals surface area contributed by atoms with Crippen LogP contribution in [-0.4, -0.2) is 26.2 Å². The molecular formula is C20H14N4O3. The number of hydrogen-bond donors (Lipinski definition) is 2. The van der Waals surface area contributed by atoms with Crippen LogP contribution in [0.15, 0.2) is 71.7 Å². The van der Waals surface area contributed by atoms with Crippen LogP contribution in [0, 0.1) is 10.1 Å². The monoisotopic (exact) mass is 358 g/mol. The van der Waals surface area contributed by atoms with Gasteiger partial charge in [-0.15, -0.1) is 0 Å². The molecule has 27 heavy (non-hydrogen) atoms. The standard InChI is InChI=1S/C20H14N4O3/c25-19-9-8-16(24(26)27)11-14(19)12-21-15-5-3-4-13(10-15)20-22-17-6-1-2-7-18(17)23-20/h1-12,25H,(H,22,23). The minimum Gasteiger partial charge on any atom is -0.507 e. The summed E-state index contributed by atoms with van der Waals surface area (Å²) in [4.78, 5) is 22.5. The average Bonchev–Trinajstić information content (AvgIpc) is 3.12. The van der Waals surface area contributed by atoms with Gasteiger partial charge in [0.1, 0.15) is 11.6 Å². The summed E-state index contributed by atoms with van der Waals surface area (Å²) in [6.07, 6.45) is 1.40. The number of phenolic OH excluding ortho intramolecular Hbond substituents is 1. The van der Waals surface area contributed by atoms with Crippen molar-refractivity contribution in [2.24, 2.45) is 4.99 Å². The number of rotatable bonds is 4. The first-order chi connectivity index (χ1) is 13.1. The minimum atomic E-state index is -0.515. The molecule has 1 aromatic heterocycles. The third-order valence-corrected chi connectivity index (χ3v) is 4.08. The summed E-state index contributed by atoms with van der Waals surface area (Å²) in [5.74, 6) is 0.657. The summed E-state index contributed by atoms with van der Waals surface area (Å²) in [6.45, 7) is 0. The molecule has 0 aliphatic carbocycles. The maximum Gasteiger partial charge on any atom is 0.270 e. The van der Waals surface area contributed by atoms with Gasteiger partial charge in [-0.3, -0.25) is 15.1 Å². The van der Waals surface area contributed by atoms with Crippen LogP contribution < -0.4 is 0 Å². The molecule has 7 heteroatoms. The molecule has 0 bridgehead atoms. The molecule has 3 aromatic carbocycles. The van der Waals surface area contributed by atoms with Crippen LogP contribution in [0.2, 0.25) is 0 Å². The Kier molecular flexibility index (Phi) is 4.10. The number of nitro benzene ring substituents is 1. The predicted octanol–water partition coefficient (Wildman–Crippen LogP) is 4.59. The molecule has 0 atom stereocenters. The van der Waals surface area contributed by atoms with Crippen molar-refractivity contribution >= 4 is 28.6 Å². The Labute approximate surface area is 153 Å². The maximum atomic E-state index is 10.9. The summed E-state index contributed by atoms with van der Waals surface area (Å²) >= 11 is 0. The summed E-state index contributed by atoms with van der Waals surface area (Å²) in [6, 6.07) is 19.0. The van der Waals surface area contributed by atoms with Crippen molar-refractivity contribution in [2.45, 2.75) is 0 Å². The van der Waals surface area contributed by atoms with Crippen LogP contribution >= 0.6 is 0 Å². The number of benzene rings is 3. The van der Waals surface area contributed by atoms with Crippen LogP contribution in [0.4, 0.5) is 11.4 Å². The number of nitro groups is 1. The van der Waals surface area contributed by atoms with Gasteiger partial charge in [-0.05, 0) is 30.3 Å². The van der Waals surface area contributed by atoms with Gasteiger partial charge in [0.2, 0.25) is 0 Å². The van der Waals surface area contributed by atoms with E-state index >= 15 is 0 Å². The highest BCUT2D eigenvalue weighted by atomic mass is 16.6. The molecule has 4 aromatic rings. The zero-order valence-electron chi connectivity index (χ0n) is 14.0. The van der Waals surface area contributed by atoms with Crippen LogP contribution in [0.5, 0.6) is 5.75 Å². The molecule has 4 rings (SSSR count). The van der Waals surface area contributed by atoms with E-state index in [2.05, 4.69) is 15.0 Å². The van der Waals surface area contributed by atoms with Gasteiger partial charge in [0.25, 0.3) is 5.69 Å². The van der Waals surface area contributed by atoms with Crippen molar-refractivity contribution in [1.82, 2.24) is 9.97 Å². The fourth-order valence-corrected chi connectivity index (χ4v) is 2.73. The fraction of sp³-hybridized carbons (Fsp3) is 0. The lowest BCUT2D eigenvalue weighted by Gasteiger charge is -2.00. The highest BCUT2D eigenvalue weighted by Gasteiger charge is 2.09. The van der Waals surface area contributed by atoms with Crippen LogP contribution in [0.25, 0.3) is 22.4 Å². The van der Waals surface area contributed by atoms with Gasteiger partial charge in [-0.1, -0.05) is 24.3 Å². The van der Waals surface area contributed by atoms with Crippen molar-refractivity contribution in [3.05, 3.63) is 82.4 Å². The molecule has 0 spiro atoms. The van der Waals surface area contributed by atoms with Gasteiger partial charge in [-0.2, -0.15) is 0 Å². The van der Waals surface area contributed by atoms with Crippen molar-refractivity contribution in [3.63, 3.8) is 0 Å². The number of fused-ring (bicyclic) bond motifs is 1. The Morgan fingerprint density at radius 3 is 2.74 bits per heavy atom. The number of non-ortho nitro benzene ring substituents is 1. The van der Waals surface area contributed by atoms with Crippen LogP contribution in [0.3, 0.4) is 0 Å². The molecule has 2 N–H and O–H groups in total. The van der Waals surface area contributed by atoms with Crippen LogP contribution in [0.1, 0.15) is 5.56 Å². The molecule has 0 aliphatic rings. The molecule has 1 heterocycles. The van der Waals surface area contributed by atoms with Crippen molar-refractivity contribution in [1.29, 1.82) is 0 Å². The third-order valence-electron chi connectivity index (χ3n) is 4.08. The topological polar surface area (TPSA) is 104 Å². The number of para-hydroxylation sites is 2. The fourth-order valence-electron chi connectivity index (χ4n) is 2.73. The maximum absolute atomic E-state index is 10.9. The van der Waals surface area contributed by atoms with E-state index in [1.54, 1.807) is 6.07 Å². The van der Waals surface area contributed by atoms with Crippen LogP contribution in [-0.2, 0) is 0 Å². The molecule has 0 fully saturated rings. The quantitative estimate of drug-likeness (QED) is 0.316. The normalized spacial score (nSPS) is 11.3. The number of aliphatic imine (C=N–C) groups is 1. The summed E-state index contributed by atoms with van der Waals surface area (Å²) < 4.78 is 0. The predicted molar refractivity (Wildman–Crippen MR) is 104 cm³/mol. The summed E-state index contributed by atoms with van der Waals surface area (Å²) in [5, 5.41) is 20.8. The number of nitrogens with zero attached hydrogens (tertiary/aromatic N) is 3. The van der Waals surface area contributed by atoms with E-state index in [0.717, 1.165) is 22.4 Å². The number of nitrogens with one attached hydrogen (secondary N) is 1. The Morgan fingerprint density at radius 2 is 1.93 bits per heavy atom. The number of hydrogen-bond acceptors (Lipinski definition) is 5. The van der Waals surface area contributed by atoms with Gasteiger partial charge in [0.05, 0.1) is 21.6 Å². The Balaban J connectivity index is 1.66. The Hall–Kier alpha value is -4.00. The first-order valence-corrected chi connectivity index (χ1v) is 8.17. The summed E-state index contributed by atoms with van der Waals surface area (Å²) in [5.41, 5.74) is 3.50. The van der Waals surface area contributed by atoms with E-state index in [4.69, 9.17) is 0 Å². The third kappa shape index (κ3) is 3.38. The second-order valence-electron chi connectivity index (χ2n) is 5.91. The van der Waals surface area contributed by atoms with E-state index in [0.29, 0.717) is 5.69 Å². The second-order valence-corrected chi connectivity index (χ2v) is 5.91. The molecular weight excluding hydrogens is 344 g/mol. The number of aromatic nitrogens is 2. The van der Waals surface area contributed by atoms with Crippen molar-refractivity contribution in [3.8, 4) is 17.1 Å². The van der Waals surface area contributed by atoms with Gasteiger partial charge in [-0.25, -0.2) is 4.98 Å². The van der Waals surface area contributed by atoms with Gasteiger partial charge >= 0.3 is 0 Å². The first kappa shape index (κ1) is 16.5. The molecule has 0 saturated heterocycles. The SMILES string of the molecule is O=[N+]([O-])c1ccc(O)c(C=Nc2cccc(-c3nc4ccccc4[nH]3)c2)c1. The van der Waals surface area contributed by atoms with Crippen molar-refractivity contribution < 1.29 is 10.0 Å². The lowest BCUT2D eigenvalue weighted by Crippen LogP contribution is -1.90. The number of aromatic hydroxyl groups is 1. The first-order valence-electron chi connectivity index (χ1n) is 8.17. The highest BCUT2D eigenvalue weighted by molar-refractivity contribution is 5.87. The van der Waals surface area contributed by atoms with E-state index in [1.165, 1.54) is 24.4 Å². The Morgan fingerprint density at radius 1 is 1.07 bits per heavy atom. The zero-order valence-corrected chi connectivity index (χ0v) is 14.0. The smallest absolute Gasteiger partial charge is 0.270 e. The lowest BCUT2D eigenvalue weighted by molar-refractivity contribution is -0.384. The number of H-pyrrole nitrogens is 1. The molecule has 0 radical (unpaired) electrons. The number of aromatic amines is 1. The molecule has 0 aliphatic heterocycles. The van der Waals surface area contributed by atoms with Crippen molar-refractivity contribution in [2.75, 3.05) is 0 Å². The average molecular weight is 358 g/mol. The summed E-state index contributed by atoms with van der Waals surface area (Å²) in [7, 11) is 0. The number of imidazole rings is 1. The number of phenols is 1. The Bertz CT molecular complexity index is 1150.